The van der Waals surface area contributed by atoms with Crippen molar-refractivity contribution in [3.63, 3.8) is 0 Å². The highest BCUT2D eigenvalue weighted by molar-refractivity contribution is 6.07. The number of fused-ring (bicyclic) bond motifs is 2. The van der Waals surface area contributed by atoms with Crippen molar-refractivity contribution in [3.8, 4) is 5.82 Å². The number of para-hydroxylation sites is 1. The summed E-state index contributed by atoms with van der Waals surface area (Å²) in [5.41, 5.74) is 9.50. The minimum atomic E-state index is -0.407. The van der Waals surface area contributed by atoms with Crippen molar-refractivity contribution in [1.82, 2.24) is 35.6 Å². The van der Waals surface area contributed by atoms with E-state index in [1.165, 1.54) is 0 Å². The predicted molar refractivity (Wildman–Crippen MR) is 131 cm³/mol. The predicted octanol–water partition coefficient (Wildman–Crippen LogP) is 3.49. The highest BCUT2D eigenvalue weighted by Gasteiger charge is 2.29. The smallest absolute Gasteiger partial charge is 0.270 e. The number of amides is 2. The van der Waals surface area contributed by atoms with Gasteiger partial charge in [-0.05, 0) is 49.6 Å². The Morgan fingerprint density at radius 2 is 1.94 bits per heavy atom. The van der Waals surface area contributed by atoms with Crippen LogP contribution in [0.1, 0.15) is 46.1 Å². The van der Waals surface area contributed by atoms with E-state index in [4.69, 9.17) is 4.98 Å². The second kappa shape index (κ2) is 8.35. The van der Waals surface area contributed by atoms with Crippen LogP contribution in [-0.4, -0.2) is 36.5 Å². The lowest BCUT2D eigenvalue weighted by atomic mass is 10.1. The van der Waals surface area contributed by atoms with Gasteiger partial charge in [-0.3, -0.25) is 20.4 Å². The van der Waals surface area contributed by atoms with Crippen LogP contribution in [0.5, 0.6) is 0 Å². The molecule has 0 unspecified atom stereocenters. The van der Waals surface area contributed by atoms with Gasteiger partial charge in [0, 0.05) is 34.9 Å². The van der Waals surface area contributed by atoms with E-state index >= 15 is 0 Å². The van der Waals surface area contributed by atoms with Crippen LogP contribution < -0.4 is 10.9 Å². The maximum absolute atomic E-state index is 13.3. The summed E-state index contributed by atoms with van der Waals surface area (Å²) in [6, 6.07) is 15.2. The van der Waals surface area contributed by atoms with Gasteiger partial charge in [0.15, 0.2) is 11.5 Å². The summed E-state index contributed by atoms with van der Waals surface area (Å²) in [6.07, 6.45) is 5.73. The Hall–Kier alpha value is -4.53. The molecule has 0 atom stereocenters. The van der Waals surface area contributed by atoms with Crippen LogP contribution in [0.25, 0.3) is 27.8 Å². The van der Waals surface area contributed by atoms with Crippen molar-refractivity contribution in [2.75, 3.05) is 0 Å². The summed E-state index contributed by atoms with van der Waals surface area (Å²) in [7, 11) is 0. The molecule has 1 aliphatic rings. The number of aromatic nitrogens is 5. The van der Waals surface area contributed by atoms with Gasteiger partial charge in [-0.25, -0.2) is 9.97 Å². The van der Waals surface area contributed by atoms with Crippen LogP contribution in [0, 0.1) is 6.92 Å². The Balaban J connectivity index is 1.28. The van der Waals surface area contributed by atoms with Gasteiger partial charge in [-0.15, -0.1) is 0 Å². The summed E-state index contributed by atoms with van der Waals surface area (Å²) >= 11 is 0. The first kappa shape index (κ1) is 21.0. The molecule has 5 aromatic rings. The summed E-state index contributed by atoms with van der Waals surface area (Å²) < 4.78 is 1.67. The van der Waals surface area contributed by atoms with Crippen LogP contribution in [0.4, 0.5) is 0 Å². The number of carbonyl (C=O) groups excluding carboxylic acids is 2. The number of carbonyl (C=O) groups is 2. The van der Waals surface area contributed by atoms with Gasteiger partial charge < -0.3 is 4.98 Å². The number of pyridine rings is 2. The fraction of sp³-hybridized carbons (Fsp3) is 0.192. The zero-order valence-electron chi connectivity index (χ0n) is 19.1. The SMILES string of the molecule is Cc1nn(-c2ccccn2)c2nc(C3CC3)cc(C(=O)NNC(=O)Cc3c[nH]c4ccccc34)c12. The molecule has 4 heterocycles. The fourth-order valence-electron chi connectivity index (χ4n) is 4.40. The molecule has 1 aliphatic carbocycles. The highest BCUT2D eigenvalue weighted by Crippen LogP contribution is 2.40. The maximum atomic E-state index is 13.3. The normalized spacial score (nSPS) is 13.3. The van der Waals surface area contributed by atoms with Crippen LogP contribution in [0.15, 0.2) is 60.9 Å². The first-order valence-corrected chi connectivity index (χ1v) is 11.5. The molecule has 9 nitrogen and oxygen atoms in total. The average molecular weight is 466 g/mol. The van der Waals surface area contributed by atoms with E-state index in [9.17, 15) is 9.59 Å². The molecule has 0 aliphatic heterocycles. The van der Waals surface area contributed by atoms with Gasteiger partial charge in [-0.2, -0.15) is 9.78 Å². The van der Waals surface area contributed by atoms with Crippen molar-refractivity contribution < 1.29 is 9.59 Å². The zero-order valence-corrected chi connectivity index (χ0v) is 19.1. The molecule has 6 rings (SSSR count). The Kier molecular flexibility index (Phi) is 5.02. The molecule has 1 saturated carbocycles. The van der Waals surface area contributed by atoms with Crippen LogP contribution >= 0.6 is 0 Å². The average Bonchev–Trinajstić information content (AvgIpc) is 3.59. The van der Waals surface area contributed by atoms with Crippen molar-refractivity contribution in [2.24, 2.45) is 0 Å². The van der Waals surface area contributed by atoms with E-state index in [0.717, 1.165) is 35.0 Å². The summed E-state index contributed by atoms with van der Waals surface area (Å²) in [5, 5.41) is 6.24. The Bertz CT molecular complexity index is 1580. The molecule has 0 saturated heterocycles. The minimum absolute atomic E-state index is 0.139. The molecule has 0 bridgehead atoms. The van der Waals surface area contributed by atoms with E-state index < -0.39 is 5.91 Å². The van der Waals surface area contributed by atoms with E-state index in [1.807, 2.05) is 61.7 Å². The number of hydrogen-bond donors (Lipinski definition) is 3. The lowest BCUT2D eigenvalue weighted by Crippen LogP contribution is -2.42. The highest BCUT2D eigenvalue weighted by atomic mass is 16.2. The fourth-order valence-corrected chi connectivity index (χ4v) is 4.40. The molecular weight excluding hydrogens is 442 g/mol. The van der Waals surface area contributed by atoms with E-state index in [2.05, 4.69) is 25.9 Å². The lowest BCUT2D eigenvalue weighted by molar-refractivity contribution is -0.121. The van der Waals surface area contributed by atoms with Crippen molar-refractivity contribution in [3.05, 3.63) is 83.4 Å². The number of aryl methyl sites for hydroxylation is 1. The Morgan fingerprint density at radius 1 is 1.11 bits per heavy atom. The Morgan fingerprint density at radius 3 is 2.74 bits per heavy atom. The standard InChI is InChI=1S/C26H23N7O2/c1-15-24-19(26(35)31-30-23(34)12-17-14-28-20-7-3-2-6-18(17)20)13-21(16-9-10-16)29-25(24)33(32-15)22-8-4-5-11-27-22/h2-8,11,13-14,16,28H,9-10,12H2,1H3,(H,30,34)(H,31,35). The maximum Gasteiger partial charge on any atom is 0.270 e. The second-order valence-corrected chi connectivity index (χ2v) is 8.79. The molecule has 0 radical (unpaired) electrons. The lowest BCUT2D eigenvalue weighted by Gasteiger charge is -2.10. The summed E-state index contributed by atoms with van der Waals surface area (Å²) in [6.45, 7) is 1.84. The minimum Gasteiger partial charge on any atom is -0.361 e. The number of benzene rings is 1. The monoisotopic (exact) mass is 465 g/mol. The first-order valence-electron chi connectivity index (χ1n) is 11.5. The third-order valence-corrected chi connectivity index (χ3v) is 6.28. The molecule has 3 N–H and O–H groups in total. The van der Waals surface area contributed by atoms with Gasteiger partial charge >= 0.3 is 0 Å². The molecule has 174 valence electrons. The second-order valence-electron chi connectivity index (χ2n) is 8.79. The van der Waals surface area contributed by atoms with Crippen LogP contribution in [0.3, 0.4) is 0 Å². The van der Waals surface area contributed by atoms with Crippen molar-refractivity contribution >= 4 is 33.8 Å². The number of hydrazine groups is 1. The summed E-state index contributed by atoms with van der Waals surface area (Å²) in [4.78, 5) is 38.3. The van der Waals surface area contributed by atoms with Gasteiger partial charge in [0.2, 0.25) is 5.91 Å². The molecule has 1 aromatic carbocycles. The van der Waals surface area contributed by atoms with Crippen LogP contribution in [0.2, 0.25) is 0 Å². The number of nitrogens with zero attached hydrogens (tertiary/aromatic N) is 4. The Labute approximate surface area is 200 Å². The molecule has 35 heavy (non-hydrogen) atoms. The summed E-state index contributed by atoms with van der Waals surface area (Å²) in [5.74, 6) is 0.242. The molecule has 0 spiro atoms. The van der Waals surface area contributed by atoms with Crippen LogP contribution in [-0.2, 0) is 11.2 Å². The third kappa shape index (κ3) is 3.90. The largest absolute Gasteiger partial charge is 0.361 e. The van der Waals surface area contributed by atoms with Crippen molar-refractivity contribution in [2.45, 2.75) is 32.1 Å². The van der Waals surface area contributed by atoms with Gasteiger partial charge in [0.25, 0.3) is 5.91 Å². The molecule has 9 heteroatoms. The molecule has 2 amide bonds. The molecular formula is C26H23N7O2. The topological polar surface area (TPSA) is 118 Å². The quantitative estimate of drug-likeness (QED) is 0.344. The number of H-pyrrole nitrogens is 1. The van der Waals surface area contributed by atoms with Gasteiger partial charge in [-0.1, -0.05) is 24.3 Å². The number of aromatic amines is 1. The van der Waals surface area contributed by atoms with Gasteiger partial charge in [0.05, 0.1) is 23.1 Å². The number of rotatable bonds is 5. The first-order chi connectivity index (χ1) is 17.1. The molecule has 1 fully saturated rings. The number of nitrogens with one attached hydrogen (secondary N) is 3. The zero-order chi connectivity index (χ0) is 23.9. The molecule has 4 aromatic heterocycles. The van der Waals surface area contributed by atoms with Gasteiger partial charge in [0.1, 0.15) is 0 Å². The third-order valence-electron chi connectivity index (χ3n) is 6.28. The van der Waals surface area contributed by atoms with Crippen molar-refractivity contribution in [1.29, 1.82) is 0 Å². The van der Waals surface area contributed by atoms with E-state index in [1.54, 1.807) is 10.9 Å². The van der Waals surface area contributed by atoms with E-state index in [0.29, 0.717) is 34.0 Å². The number of hydrogen-bond acceptors (Lipinski definition) is 5. The van der Waals surface area contributed by atoms with E-state index in [-0.39, 0.29) is 12.3 Å².